The van der Waals surface area contributed by atoms with Crippen LogP contribution in [0.15, 0.2) is 18.3 Å². The minimum atomic E-state index is 0.509. The lowest BCUT2D eigenvalue weighted by molar-refractivity contribution is 0.256. The van der Waals surface area contributed by atoms with E-state index < -0.39 is 0 Å². The highest BCUT2D eigenvalue weighted by molar-refractivity contribution is 5.42. The van der Waals surface area contributed by atoms with Crippen LogP contribution in [0.5, 0.6) is 0 Å². The van der Waals surface area contributed by atoms with Crippen LogP contribution in [-0.4, -0.2) is 30.0 Å². The molecule has 1 aliphatic heterocycles. The second kappa shape index (κ2) is 5.70. The topological polar surface area (TPSA) is 28.2 Å². The van der Waals surface area contributed by atoms with Crippen molar-refractivity contribution in [1.29, 1.82) is 0 Å². The maximum Gasteiger partial charge on any atom is 0.130 e. The summed E-state index contributed by atoms with van der Waals surface area (Å²) in [6.45, 7) is 8.20. The molecule has 2 rings (SSSR count). The predicted molar refractivity (Wildman–Crippen MR) is 76.7 cm³/mol. The zero-order valence-corrected chi connectivity index (χ0v) is 11.9. The van der Waals surface area contributed by atoms with Gasteiger partial charge in [0, 0.05) is 25.4 Å². The van der Waals surface area contributed by atoms with Crippen molar-refractivity contribution in [3.05, 3.63) is 23.9 Å². The van der Waals surface area contributed by atoms with Crippen LogP contribution in [0.4, 0.5) is 5.82 Å². The summed E-state index contributed by atoms with van der Waals surface area (Å²) < 4.78 is 0. The monoisotopic (exact) mass is 247 g/mol. The minimum absolute atomic E-state index is 0.509. The third-order valence-corrected chi connectivity index (χ3v) is 3.95. The highest BCUT2D eigenvalue weighted by Gasteiger charge is 2.23. The van der Waals surface area contributed by atoms with E-state index in [-0.39, 0.29) is 0 Å². The highest BCUT2D eigenvalue weighted by Crippen LogP contribution is 2.30. The van der Waals surface area contributed by atoms with Gasteiger partial charge in [-0.15, -0.1) is 0 Å². The molecular formula is C15H25N3. The third kappa shape index (κ3) is 3.45. The standard InChI is InChI=1S/C15H25N3/c1-15(2)7-5-10-18(11-8-15)12-13-6-4-9-17-14(13)16-3/h4,6,9H,5,7-8,10-12H2,1-3H3,(H,16,17). The van der Waals surface area contributed by atoms with Crippen LogP contribution in [0.2, 0.25) is 0 Å². The Bertz CT molecular complexity index is 387. The van der Waals surface area contributed by atoms with E-state index in [4.69, 9.17) is 0 Å². The van der Waals surface area contributed by atoms with Crippen LogP contribution in [0, 0.1) is 5.41 Å². The largest absolute Gasteiger partial charge is 0.373 e. The molecule has 0 atom stereocenters. The van der Waals surface area contributed by atoms with Crippen molar-refractivity contribution in [3.8, 4) is 0 Å². The second-order valence-corrected chi connectivity index (χ2v) is 6.06. The summed E-state index contributed by atoms with van der Waals surface area (Å²) in [6.07, 6.45) is 5.79. The van der Waals surface area contributed by atoms with Crippen LogP contribution in [0.25, 0.3) is 0 Å². The molecule has 0 saturated carbocycles. The molecule has 0 amide bonds. The van der Waals surface area contributed by atoms with Crippen LogP contribution < -0.4 is 5.32 Å². The fourth-order valence-corrected chi connectivity index (χ4v) is 2.67. The fourth-order valence-electron chi connectivity index (χ4n) is 2.67. The van der Waals surface area contributed by atoms with Gasteiger partial charge in [-0.3, -0.25) is 4.90 Å². The lowest BCUT2D eigenvalue weighted by Gasteiger charge is -2.23. The maximum absolute atomic E-state index is 4.38. The lowest BCUT2D eigenvalue weighted by atomic mass is 9.85. The molecule has 0 spiro atoms. The molecule has 0 aliphatic carbocycles. The molecule has 3 heteroatoms. The summed E-state index contributed by atoms with van der Waals surface area (Å²) in [7, 11) is 1.94. The summed E-state index contributed by atoms with van der Waals surface area (Å²) in [4.78, 5) is 6.94. The van der Waals surface area contributed by atoms with Gasteiger partial charge in [0.1, 0.15) is 5.82 Å². The van der Waals surface area contributed by atoms with Crippen molar-refractivity contribution in [3.63, 3.8) is 0 Å². The van der Waals surface area contributed by atoms with Crippen molar-refractivity contribution in [1.82, 2.24) is 9.88 Å². The number of hydrogen-bond donors (Lipinski definition) is 1. The molecule has 1 N–H and O–H groups in total. The molecule has 1 aromatic heterocycles. The molecule has 3 nitrogen and oxygen atoms in total. The van der Waals surface area contributed by atoms with Crippen molar-refractivity contribution >= 4 is 5.82 Å². The van der Waals surface area contributed by atoms with Crippen LogP contribution in [-0.2, 0) is 6.54 Å². The second-order valence-electron chi connectivity index (χ2n) is 6.06. The summed E-state index contributed by atoms with van der Waals surface area (Å²) in [5, 5.41) is 3.18. The number of likely N-dealkylation sites (tertiary alicyclic amines) is 1. The first-order valence-electron chi connectivity index (χ1n) is 6.95. The number of aromatic nitrogens is 1. The van der Waals surface area contributed by atoms with E-state index in [0.29, 0.717) is 5.41 Å². The number of anilines is 1. The van der Waals surface area contributed by atoms with Crippen LogP contribution in [0.3, 0.4) is 0 Å². The smallest absolute Gasteiger partial charge is 0.130 e. The van der Waals surface area contributed by atoms with Gasteiger partial charge >= 0.3 is 0 Å². The third-order valence-electron chi connectivity index (χ3n) is 3.95. The molecule has 100 valence electrons. The first-order chi connectivity index (χ1) is 8.61. The van der Waals surface area contributed by atoms with Gasteiger partial charge in [-0.2, -0.15) is 0 Å². The summed E-state index contributed by atoms with van der Waals surface area (Å²) in [5.74, 6) is 1.01. The average molecular weight is 247 g/mol. The zero-order chi connectivity index (χ0) is 13.0. The summed E-state index contributed by atoms with van der Waals surface area (Å²) in [6, 6.07) is 4.20. The molecule has 18 heavy (non-hydrogen) atoms. The Morgan fingerprint density at radius 2 is 2.17 bits per heavy atom. The minimum Gasteiger partial charge on any atom is -0.373 e. The van der Waals surface area contributed by atoms with E-state index in [1.54, 1.807) is 0 Å². The molecule has 2 heterocycles. The number of nitrogens with one attached hydrogen (secondary N) is 1. The molecule has 1 fully saturated rings. The Morgan fingerprint density at radius 1 is 1.33 bits per heavy atom. The SMILES string of the molecule is CNc1ncccc1CN1CCCC(C)(C)CC1. The molecule has 0 unspecified atom stereocenters. The van der Waals surface area contributed by atoms with Gasteiger partial charge in [-0.25, -0.2) is 4.98 Å². The van der Waals surface area contributed by atoms with Crippen LogP contribution in [0.1, 0.15) is 38.7 Å². The molecule has 0 bridgehead atoms. The Morgan fingerprint density at radius 3 is 2.94 bits per heavy atom. The first-order valence-corrected chi connectivity index (χ1v) is 6.95. The lowest BCUT2D eigenvalue weighted by Crippen LogP contribution is -2.25. The Kier molecular flexibility index (Phi) is 4.23. The van der Waals surface area contributed by atoms with Gasteiger partial charge in [-0.1, -0.05) is 19.9 Å². The van der Waals surface area contributed by atoms with E-state index in [1.165, 1.54) is 37.9 Å². The van der Waals surface area contributed by atoms with Gasteiger partial charge in [0.05, 0.1) is 0 Å². The van der Waals surface area contributed by atoms with E-state index in [2.05, 4.69) is 35.1 Å². The Balaban J connectivity index is 2.01. The fraction of sp³-hybridized carbons (Fsp3) is 0.667. The molecular weight excluding hydrogens is 222 g/mol. The summed E-state index contributed by atoms with van der Waals surface area (Å²) in [5.41, 5.74) is 1.81. The quantitative estimate of drug-likeness (QED) is 0.889. The van der Waals surface area contributed by atoms with Crippen molar-refractivity contribution in [2.75, 3.05) is 25.5 Å². The van der Waals surface area contributed by atoms with E-state index in [1.807, 2.05) is 19.3 Å². The number of rotatable bonds is 3. The number of nitrogens with zero attached hydrogens (tertiary/aromatic N) is 2. The van der Waals surface area contributed by atoms with E-state index in [0.717, 1.165) is 12.4 Å². The first kappa shape index (κ1) is 13.3. The van der Waals surface area contributed by atoms with Gasteiger partial charge in [0.25, 0.3) is 0 Å². The highest BCUT2D eigenvalue weighted by atomic mass is 15.1. The van der Waals surface area contributed by atoms with Crippen molar-refractivity contribution < 1.29 is 0 Å². The molecule has 1 aliphatic rings. The predicted octanol–water partition coefficient (Wildman–Crippen LogP) is 3.14. The number of pyridine rings is 1. The van der Waals surface area contributed by atoms with Gasteiger partial charge < -0.3 is 5.32 Å². The normalized spacial score (nSPS) is 20.4. The van der Waals surface area contributed by atoms with E-state index >= 15 is 0 Å². The Labute approximate surface area is 111 Å². The van der Waals surface area contributed by atoms with E-state index in [9.17, 15) is 0 Å². The molecule has 0 radical (unpaired) electrons. The Hall–Kier alpha value is -1.09. The molecule has 1 saturated heterocycles. The summed E-state index contributed by atoms with van der Waals surface area (Å²) >= 11 is 0. The maximum atomic E-state index is 4.38. The average Bonchev–Trinajstić information content (AvgIpc) is 2.52. The van der Waals surface area contributed by atoms with Crippen molar-refractivity contribution in [2.24, 2.45) is 5.41 Å². The zero-order valence-electron chi connectivity index (χ0n) is 11.9. The van der Waals surface area contributed by atoms with Crippen LogP contribution >= 0.6 is 0 Å². The van der Waals surface area contributed by atoms with Crippen molar-refractivity contribution in [2.45, 2.75) is 39.7 Å². The molecule has 0 aromatic carbocycles. The molecule has 1 aromatic rings. The van der Waals surface area contributed by atoms with Gasteiger partial charge in [0.2, 0.25) is 0 Å². The van der Waals surface area contributed by atoms with Gasteiger partial charge in [0.15, 0.2) is 0 Å². The van der Waals surface area contributed by atoms with Gasteiger partial charge in [-0.05, 0) is 43.8 Å². The number of hydrogen-bond acceptors (Lipinski definition) is 3.